The summed E-state index contributed by atoms with van der Waals surface area (Å²) in [6, 6.07) is 0. The zero-order chi connectivity index (χ0) is 8.69. The van der Waals surface area contributed by atoms with Gasteiger partial charge in [0.05, 0.1) is 0 Å². The summed E-state index contributed by atoms with van der Waals surface area (Å²) < 4.78 is 0. The van der Waals surface area contributed by atoms with Crippen molar-refractivity contribution in [3.05, 3.63) is 0 Å². The first-order chi connectivity index (χ1) is 5.16. The molecule has 11 heavy (non-hydrogen) atoms. The van der Waals surface area contributed by atoms with Gasteiger partial charge in [-0.15, -0.1) is 0 Å². The van der Waals surface area contributed by atoms with E-state index < -0.39 is 0 Å². The van der Waals surface area contributed by atoms with E-state index in [1.807, 2.05) is 5.43 Å². The Bertz CT molecular complexity index is 147. The minimum absolute atomic E-state index is 0.0850. The van der Waals surface area contributed by atoms with Crippen LogP contribution in [0.2, 0.25) is 0 Å². The van der Waals surface area contributed by atoms with Crippen LogP contribution in [-0.2, 0) is 9.59 Å². The van der Waals surface area contributed by atoms with Gasteiger partial charge < -0.3 is 5.32 Å². The fraction of sp³-hybridized carbons (Fsp3) is 0.667. The summed E-state index contributed by atoms with van der Waals surface area (Å²) in [5.41, 5.74) is 2.00. The van der Waals surface area contributed by atoms with Gasteiger partial charge in [-0.1, -0.05) is 0 Å². The van der Waals surface area contributed by atoms with E-state index in [1.165, 1.54) is 6.92 Å². The monoisotopic (exact) mass is 159 g/mol. The first kappa shape index (κ1) is 9.90. The summed E-state index contributed by atoms with van der Waals surface area (Å²) in [5, 5.41) is 2.57. The molecule has 5 heteroatoms. The van der Waals surface area contributed by atoms with Gasteiger partial charge in [-0.3, -0.25) is 15.0 Å². The molecule has 0 aliphatic rings. The van der Waals surface area contributed by atoms with Crippen molar-refractivity contribution in [3.63, 3.8) is 0 Å². The molecule has 0 rings (SSSR count). The Hall–Kier alpha value is -1.10. The second-order valence-electron chi connectivity index (χ2n) is 2.15. The van der Waals surface area contributed by atoms with E-state index in [1.54, 1.807) is 0 Å². The highest BCUT2D eigenvalue weighted by Gasteiger charge is 1.97. The first-order valence-corrected chi connectivity index (χ1v) is 3.40. The molecule has 0 aromatic carbocycles. The molecule has 5 nitrogen and oxygen atoms in total. The minimum Gasteiger partial charge on any atom is -0.356 e. The van der Waals surface area contributed by atoms with E-state index in [4.69, 9.17) is 5.84 Å². The highest BCUT2D eigenvalue weighted by molar-refractivity contribution is 5.75. The maximum atomic E-state index is 10.5. The predicted octanol–water partition coefficient (Wildman–Crippen LogP) is -1.11. The molecule has 0 atom stereocenters. The van der Waals surface area contributed by atoms with Gasteiger partial charge in [0.15, 0.2) is 0 Å². The average Bonchev–Trinajstić information content (AvgIpc) is 1.97. The molecule has 4 N–H and O–H groups in total. The van der Waals surface area contributed by atoms with Crippen LogP contribution in [0.5, 0.6) is 0 Å². The number of hydrazine groups is 1. The second kappa shape index (κ2) is 5.67. The van der Waals surface area contributed by atoms with Crippen LogP contribution < -0.4 is 16.6 Å². The zero-order valence-corrected chi connectivity index (χ0v) is 6.52. The van der Waals surface area contributed by atoms with Crippen LogP contribution in [0.15, 0.2) is 0 Å². The summed E-state index contributed by atoms with van der Waals surface area (Å²) >= 11 is 0. The van der Waals surface area contributed by atoms with Crippen molar-refractivity contribution in [2.75, 3.05) is 6.54 Å². The molecular weight excluding hydrogens is 146 g/mol. The van der Waals surface area contributed by atoms with Crippen LogP contribution >= 0.6 is 0 Å². The number of nitrogens with two attached hydrogens (primary N) is 1. The van der Waals surface area contributed by atoms with Gasteiger partial charge in [0.1, 0.15) is 0 Å². The van der Waals surface area contributed by atoms with Crippen molar-refractivity contribution in [1.29, 1.82) is 0 Å². The predicted molar refractivity (Wildman–Crippen MR) is 40.2 cm³/mol. The molecule has 0 aromatic rings. The van der Waals surface area contributed by atoms with E-state index in [0.29, 0.717) is 19.4 Å². The molecule has 0 aliphatic heterocycles. The van der Waals surface area contributed by atoms with Gasteiger partial charge in [-0.05, 0) is 6.42 Å². The number of nitrogens with one attached hydrogen (secondary N) is 2. The number of hydrogen-bond donors (Lipinski definition) is 3. The molecular formula is C6H13N3O2. The minimum atomic E-state index is -0.213. The maximum absolute atomic E-state index is 10.5. The summed E-state index contributed by atoms with van der Waals surface area (Å²) in [6.07, 6.45) is 0.958. The molecule has 0 fully saturated rings. The quantitative estimate of drug-likeness (QED) is 0.210. The molecule has 0 heterocycles. The van der Waals surface area contributed by atoms with Gasteiger partial charge in [0.25, 0.3) is 0 Å². The molecule has 0 unspecified atom stereocenters. The van der Waals surface area contributed by atoms with Gasteiger partial charge >= 0.3 is 0 Å². The van der Waals surface area contributed by atoms with E-state index in [2.05, 4.69) is 5.32 Å². The fourth-order valence-electron chi connectivity index (χ4n) is 0.586. The van der Waals surface area contributed by atoms with E-state index in [9.17, 15) is 9.59 Å². The molecule has 2 amide bonds. The first-order valence-electron chi connectivity index (χ1n) is 3.40. The largest absolute Gasteiger partial charge is 0.356 e. The number of amides is 2. The summed E-state index contributed by atoms with van der Waals surface area (Å²) in [5.74, 6) is 4.53. The topological polar surface area (TPSA) is 84.2 Å². The highest BCUT2D eigenvalue weighted by Crippen LogP contribution is 1.84. The molecule has 0 aromatic heterocycles. The van der Waals surface area contributed by atoms with E-state index in [-0.39, 0.29) is 11.8 Å². The summed E-state index contributed by atoms with van der Waals surface area (Å²) in [4.78, 5) is 20.8. The molecule has 0 radical (unpaired) electrons. The third-order valence-electron chi connectivity index (χ3n) is 1.12. The molecule has 0 bridgehead atoms. The molecule has 0 saturated heterocycles. The standard InChI is InChI=1S/C6H13N3O2/c1-5(10)8-4-2-3-6(11)9-7/h2-4,7H2,1H3,(H,8,10)(H,9,11). The van der Waals surface area contributed by atoms with Crippen molar-refractivity contribution in [2.45, 2.75) is 19.8 Å². The van der Waals surface area contributed by atoms with Crippen molar-refractivity contribution < 1.29 is 9.59 Å². The van der Waals surface area contributed by atoms with Crippen LogP contribution in [0.25, 0.3) is 0 Å². The third-order valence-corrected chi connectivity index (χ3v) is 1.12. The Balaban J connectivity index is 3.14. The second-order valence-corrected chi connectivity index (χ2v) is 2.15. The lowest BCUT2D eigenvalue weighted by molar-refractivity contribution is -0.122. The Morgan fingerprint density at radius 1 is 1.45 bits per heavy atom. The molecule has 0 spiro atoms. The van der Waals surface area contributed by atoms with Crippen LogP contribution in [0.3, 0.4) is 0 Å². The van der Waals surface area contributed by atoms with Gasteiger partial charge in [0.2, 0.25) is 11.8 Å². The Morgan fingerprint density at radius 2 is 2.09 bits per heavy atom. The fourth-order valence-corrected chi connectivity index (χ4v) is 0.586. The Kier molecular flexibility index (Phi) is 5.10. The third kappa shape index (κ3) is 6.79. The zero-order valence-electron chi connectivity index (χ0n) is 6.52. The normalized spacial score (nSPS) is 8.91. The van der Waals surface area contributed by atoms with Crippen LogP contribution in [0.1, 0.15) is 19.8 Å². The SMILES string of the molecule is CC(=O)NCCCC(=O)NN. The van der Waals surface area contributed by atoms with Crippen LogP contribution in [0, 0.1) is 0 Å². The molecule has 0 aliphatic carbocycles. The van der Waals surface area contributed by atoms with Crippen molar-refractivity contribution in [2.24, 2.45) is 5.84 Å². The Morgan fingerprint density at radius 3 is 2.55 bits per heavy atom. The van der Waals surface area contributed by atoms with Gasteiger partial charge in [-0.2, -0.15) is 0 Å². The van der Waals surface area contributed by atoms with Gasteiger partial charge in [0, 0.05) is 19.9 Å². The smallest absolute Gasteiger partial charge is 0.233 e. The number of hydrogen-bond acceptors (Lipinski definition) is 3. The number of carbonyl (C=O) groups excluding carboxylic acids is 2. The van der Waals surface area contributed by atoms with Crippen molar-refractivity contribution in [1.82, 2.24) is 10.7 Å². The van der Waals surface area contributed by atoms with Crippen LogP contribution in [0.4, 0.5) is 0 Å². The number of rotatable bonds is 4. The summed E-state index contributed by atoms with van der Waals surface area (Å²) in [6.45, 7) is 1.95. The lowest BCUT2D eigenvalue weighted by Crippen LogP contribution is -2.31. The lowest BCUT2D eigenvalue weighted by Gasteiger charge is -2.00. The lowest BCUT2D eigenvalue weighted by atomic mass is 10.3. The molecule has 0 saturated carbocycles. The van der Waals surface area contributed by atoms with E-state index >= 15 is 0 Å². The van der Waals surface area contributed by atoms with Crippen molar-refractivity contribution >= 4 is 11.8 Å². The van der Waals surface area contributed by atoms with Crippen LogP contribution in [-0.4, -0.2) is 18.4 Å². The maximum Gasteiger partial charge on any atom is 0.233 e. The number of carbonyl (C=O) groups is 2. The van der Waals surface area contributed by atoms with Crippen molar-refractivity contribution in [3.8, 4) is 0 Å². The van der Waals surface area contributed by atoms with E-state index in [0.717, 1.165) is 0 Å². The summed E-state index contributed by atoms with van der Waals surface area (Å²) in [7, 11) is 0. The van der Waals surface area contributed by atoms with Gasteiger partial charge in [-0.25, -0.2) is 5.84 Å². The molecule has 64 valence electrons. The Labute approximate surface area is 65.3 Å². The average molecular weight is 159 g/mol. The highest BCUT2D eigenvalue weighted by atomic mass is 16.2.